The number of para-hydroxylation sites is 1. The summed E-state index contributed by atoms with van der Waals surface area (Å²) >= 11 is 1.63. The van der Waals surface area contributed by atoms with Gasteiger partial charge in [-0.15, -0.1) is 0 Å². The van der Waals surface area contributed by atoms with Crippen LogP contribution in [0.25, 0.3) is 0 Å². The van der Waals surface area contributed by atoms with Gasteiger partial charge in [-0.1, -0.05) is 23.9 Å². The average Bonchev–Trinajstić information content (AvgIpc) is 2.70. The first kappa shape index (κ1) is 23.8. The Morgan fingerprint density at radius 2 is 1.83 bits per heavy atom. The summed E-state index contributed by atoms with van der Waals surface area (Å²) in [5, 5.41) is 0. The van der Waals surface area contributed by atoms with Gasteiger partial charge in [0.25, 0.3) is 0 Å². The number of hydrogen-bond donors (Lipinski definition) is 2. The van der Waals surface area contributed by atoms with E-state index in [-0.39, 0.29) is 30.9 Å². The number of likely N-dealkylation sites (N-methyl/N-ethyl adjacent to an activating group) is 1. The Hall–Kier alpha value is -1.51. The van der Waals surface area contributed by atoms with Gasteiger partial charge < -0.3 is 39.4 Å². The largest absolute Gasteiger partial charge is 1.00 e. The highest BCUT2D eigenvalue weighted by Gasteiger charge is 2.30. The summed E-state index contributed by atoms with van der Waals surface area (Å²) in [6, 6.07) is 11.8. The highest BCUT2D eigenvalue weighted by Crippen LogP contribution is 2.46. The number of ether oxygens (including phenoxy) is 1. The molecule has 0 atom stereocenters. The lowest BCUT2D eigenvalue weighted by atomic mass is 10.2. The zero-order valence-corrected chi connectivity index (χ0v) is 18.7. The van der Waals surface area contributed by atoms with E-state index in [9.17, 15) is 4.79 Å². The van der Waals surface area contributed by atoms with E-state index in [0.717, 1.165) is 28.4 Å². The lowest BCUT2D eigenvalue weighted by Gasteiger charge is -2.29. The molecule has 1 fully saturated rings. The molecule has 0 unspecified atom stereocenters. The van der Waals surface area contributed by atoms with Gasteiger partial charge in [-0.3, -0.25) is 0 Å². The van der Waals surface area contributed by atoms with Crippen LogP contribution in [0.2, 0.25) is 0 Å². The summed E-state index contributed by atoms with van der Waals surface area (Å²) in [5.41, 5.74) is 0.839. The summed E-state index contributed by atoms with van der Waals surface area (Å²) in [6.07, 6.45) is 2.26. The van der Waals surface area contributed by atoms with Crippen LogP contribution in [0.4, 0.5) is 16.3 Å². The lowest BCUT2D eigenvalue weighted by Crippen LogP contribution is -3.27. The third-order valence-corrected chi connectivity index (χ3v) is 6.29. The average molecular weight is 457 g/mol. The molecule has 9 heteroatoms. The molecule has 6 nitrogen and oxygen atoms in total. The fraction of sp³-hybridized carbons (Fsp3) is 0.400. The minimum absolute atomic E-state index is 0. The molecule has 1 aromatic heterocycles. The van der Waals surface area contributed by atoms with Gasteiger partial charge in [0.15, 0.2) is 5.82 Å². The van der Waals surface area contributed by atoms with Gasteiger partial charge in [0.1, 0.15) is 26.2 Å². The van der Waals surface area contributed by atoms with Gasteiger partial charge in [0, 0.05) is 17.5 Å². The predicted octanol–water partition coefficient (Wildman–Crippen LogP) is -5.37. The van der Waals surface area contributed by atoms with Crippen molar-refractivity contribution in [3.8, 4) is 0 Å². The van der Waals surface area contributed by atoms with Crippen LogP contribution in [0.5, 0.6) is 0 Å². The molecule has 2 N–H and O–H groups in total. The van der Waals surface area contributed by atoms with Gasteiger partial charge >= 0.3 is 6.09 Å². The molecular weight excluding hydrogens is 431 g/mol. The molecule has 0 aliphatic carbocycles. The number of aromatic nitrogens is 1. The van der Waals surface area contributed by atoms with Crippen molar-refractivity contribution in [2.75, 3.05) is 51.3 Å². The van der Waals surface area contributed by atoms with Crippen molar-refractivity contribution in [1.29, 1.82) is 0 Å². The predicted molar refractivity (Wildman–Crippen MR) is 105 cm³/mol. The number of carbonyl (C=O) groups is 1. The van der Waals surface area contributed by atoms with E-state index in [1.165, 1.54) is 26.2 Å². The number of fused-ring (bicyclic) bond motifs is 2. The number of carbonyl (C=O) groups excluding carboxylic acids is 1. The van der Waals surface area contributed by atoms with Crippen LogP contribution >= 0.6 is 11.8 Å². The van der Waals surface area contributed by atoms with E-state index in [0.29, 0.717) is 12.4 Å². The molecule has 158 valence electrons. The third kappa shape index (κ3) is 5.55. The second kappa shape index (κ2) is 11.0. The Balaban J connectivity index is 0.00000150. The third-order valence-electron chi connectivity index (χ3n) is 5.18. The van der Waals surface area contributed by atoms with Crippen LogP contribution in [-0.4, -0.2) is 57.5 Å². The lowest BCUT2D eigenvalue weighted by molar-refractivity contribution is -1.00. The molecule has 1 saturated heterocycles. The SMILES string of the molecule is C[NH+]1CC[NH+](CCCOC(=O)N2c3ccccc3Sc3cccnc32)CC1.[Cl-].[Cl-]. The molecule has 0 bridgehead atoms. The number of nitrogens with zero attached hydrogens (tertiary/aromatic N) is 2. The van der Waals surface area contributed by atoms with Gasteiger partial charge in [-0.2, -0.15) is 0 Å². The Morgan fingerprint density at radius 3 is 2.62 bits per heavy atom. The smallest absolute Gasteiger partial charge is 0.420 e. The van der Waals surface area contributed by atoms with Crippen LogP contribution < -0.4 is 39.5 Å². The monoisotopic (exact) mass is 456 g/mol. The first-order valence-electron chi connectivity index (χ1n) is 9.56. The number of anilines is 2. The molecule has 4 rings (SSSR count). The summed E-state index contributed by atoms with van der Waals surface area (Å²) in [5.74, 6) is 0.652. The fourth-order valence-electron chi connectivity index (χ4n) is 3.60. The van der Waals surface area contributed by atoms with Crippen molar-refractivity contribution in [1.82, 2.24) is 4.98 Å². The van der Waals surface area contributed by atoms with Crippen LogP contribution in [0.3, 0.4) is 0 Å². The zero-order valence-electron chi connectivity index (χ0n) is 16.4. The highest BCUT2D eigenvalue weighted by atomic mass is 35.5. The first-order chi connectivity index (χ1) is 13.2. The van der Waals surface area contributed by atoms with Crippen LogP contribution in [0, 0.1) is 0 Å². The minimum atomic E-state index is -0.347. The van der Waals surface area contributed by atoms with Gasteiger partial charge in [0.05, 0.1) is 30.8 Å². The van der Waals surface area contributed by atoms with E-state index < -0.39 is 0 Å². The molecule has 0 radical (unpaired) electrons. The summed E-state index contributed by atoms with van der Waals surface area (Å²) in [7, 11) is 2.25. The van der Waals surface area contributed by atoms with Crippen molar-refractivity contribution in [3.63, 3.8) is 0 Å². The maximum Gasteiger partial charge on any atom is 0.420 e. The van der Waals surface area contributed by atoms with E-state index in [1.54, 1.807) is 32.7 Å². The summed E-state index contributed by atoms with van der Waals surface area (Å²) < 4.78 is 5.63. The van der Waals surface area contributed by atoms with E-state index in [2.05, 4.69) is 12.0 Å². The topological polar surface area (TPSA) is 51.3 Å². The maximum absolute atomic E-state index is 12.9. The Bertz CT molecular complexity index is 773. The number of amides is 1. The standard InChI is InChI=1S/C20H24N4O2S.2ClH/c1-22-11-13-23(14-12-22)10-5-15-26-20(25)24-16-6-2-3-7-17(16)27-18-8-4-9-21-19(18)24;;/h2-4,6-9H,5,10-15H2,1H3;2*1H. The highest BCUT2D eigenvalue weighted by molar-refractivity contribution is 7.99. The van der Waals surface area contributed by atoms with Crippen LogP contribution in [-0.2, 0) is 4.74 Å². The molecule has 1 aromatic carbocycles. The maximum atomic E-state index is 12.9. The van der Waals surface area contributed by atoms with E-state index in [4.69, 9.17) is 4.74 Å². The number of hydrogen-bond acceptors (Lipinski definition) is 4. The molecule has 0 spiro atoms. The van der Waals surface area contributed by atoms with Crippen molar-refractivity contribution >= 4 is 29.4 Å². The van der Waals surface area contributed by atoms with E-state index in [1.807, 2.05) is 36.4 Å². The fourth-order valence-corrected chi connectivity index (χ4v) is 4.63. The molecule has 0 saturated carbocycles. The first-order valence-corrected chi connectivity index (χ1v) is 10.4. The molecular formula is C20H26Cl2N4O2S. The minimum Gasteiger partial charge on any atom is -1.00 e. The van der Waals surface area contributed by atoms with E-state index >= 15 is 0 Å². The van der Waals surface area contributed by atoms with Gasteiger partial charge in [0.2, 0.25) is 0 Å². The van der Waals surface area contributed by atoms with Crippen molar-refractivity contribution in [2.24, 2.45) is 0 Å². The number of benzene rings is 1. The summed E-state index contributed by atoms with van der Waals surface area (Å²) in [6.45, 7) is 6.35. The number of halogens is 2. The molecule has 2 aliphatic heterocycles. The molecule has 1 amide bonds. The van der Waals surface area contributed by atoms with Crippen molar-refractivity contribution in [2.45, 2.75) is 16.2 Å². The zero-order chi connectivity index (χ0) is 18.6. The number of pyridine rings is 1. The number of rotatable bonds is 4. The molecule has 3 heterocycles. The van der Waals surface area contributed by atoms with Crippen LogP contribution in [0.1, 0.15) is 6.42 Å². The second-order valence-corrected chi connectivity index (χ2v) is 8.24. The Labute approximate surface area is 188 Å². The quantitative estimate of drug-likeness (QED) is 0.451. The second-order valence-electron chi connectivity index (χ2n) is 7.16. The Morgan fingerprint density at radius 1 is 1.10 bits per heavy atom. The van der Waals surface area contributed by atoms with Gasteiger partial charge in [-0.25, -0.2) is 14.7 Å². The molecule has 29 heavy (non-hydrogen) atoms. The Kier molecular flexibility index (Phi) is 9.04. The van der Waals surface area contributed by atoms with Crippen molar-refractivity contribution in [3.05, 3.63) is 42.6 Å². The number of quaternary nitrogens is 2. The number of piperazine rings is 1. The van der Waals surface area contributed by atoms with Crippen LogP contribution in [0.15, 0.2) is 52.4 Å². The summed E-state index contributed by atoms with van der Waals surface area (Å²) in [4.78, 5) is 24.1. The molecule has 2 aromatic rings. The number of nitrogens with one attached hydrogen (secondary N) is 2. The normalized spacial score (nSPS) is 19.8. The molecule has 2 aliphatic rings. The van der Waals surface area contributed by atoms with Crippen molar-refractivity contribution < 1.29 is 44.1 Å². The van der Waals surface area contributed by atoms with Gasteiger partial charge in [-0.05, 0) is 24.3 Å².